The number of carboxylic acid groups (broad SMARTS) is 1. The predicted octanol–water partition coefficient (Wildman–Crippen LogP) is 3.44. The van der Waals surface area contributed by atoms with E-state index in [0.29, 0.717) is 24.0 Å². The van der Waals surface area contributed by atoms with E-state index in [-0.39, 0.29) is 48.5 Å². The minimum atomic E-state index is -1.39. The van der Waals surface area contributed by atoms with Gasteiger partial charge >= 0.3 is 11.9 Å². The third-order valence-electron chi connectivity index (χ3n) is 6.96. The summed E-state index contributed by atoms with van der Waals surface area (Å²) in [6.07, 6.45) is 3.58. The van der Waals surface area contributed by atoms with Crippen LogP contribution in [0.25, 0.3) is 5.65 Å². The number of nitrogens with zero attached hydrogens (tertiary/aromatic N) is 3. The number of hydrogen-bond acceptors (Lipinski definition) is 8. The Morgan fingerprint density at radius 3 is 2.53 bits per heavy atom. The number of aromatic nitrogens is 3. The number of carbonyl (C=O) groups excluding carboxylic acids is 3. The van der Waals surface area contributed by atoms with Crippen molar-refractivity contribution < 1.29 is 37.8 Å². The molecule has 12 nitrogen and oxygen atoms in total. The summed E-state index contributed by atoms with van der Waals surface area (Å²) in [5, 5.41) is 15.9. The molecule has 0 saturated heterocycles. The standard InChI is InChI=1S/C22H19FN4O5.C8H9FN2O.ClH/c1-3-8-32-22(31)13-4-5-14-12(11(13)2)6-7-16(14)26-20(28)18-9-17(21(29)30)25-19-15(23)10-24-27(18)19;9-7-2-1-5(4-10)3-6(7)8(11)12;/h3-5,9-10,16H,1,6-8H2,2H3,(H,26,28)(H,29,30);1-3H,4,10H2,(H2,11,12);1H/t16-;;/m0../s1. The molecular formula is C30H29ClF2N6O6. The second-order valence-corrected chi connectivity index (χ2v) is 9.70. The molecule has 1 atom stereocenters. The van der Waals surface area contributed by atoms with Crippen LogP contribution in [0.15, 0.2) is 55.3 Å². The minimum absolute atomic E-state index is 0. The van der Waals surface area contributed by atoms with Crippen molar-refractivity contribution in [2.45, 2.75) is 32.4 Å². The second-order valence-electron chi connectivity index (χ2n) is 9.70. The minimum Gasteiger partial charge on any atom is -0.477 e. The van der Waals surface area contributed by atoms with E-state index in [0.717, 1.165) is 33.5 Å². The van der Waals surface area contributed by atoms with Crippen molar-refractivity contribution in [2.24, 2.45) is 11.5 Å². The molecule has 2 aromatic carbocycles. The molecular weight excluding hydrogens is 614 g/mol. The Bertz CT molecular complexity index is 1810. The fourth-order valence-electron chi connectivity index (χ4n) is 4.79. The Hall–Kier alpha value is -5.21. The van der Waals surface area contributed by atoms with E-state index in [1.54, 1.807) is 12.1 Å². The molecule has 0 saturated carbocycles. The van der Waals surface area contributed by atoms with Gasteiger partial charge in [0.25, 0.3) is 11.8 Å². The second kappa shape index (κ2) is 14.5. The molecule has 0 fully saturated rings. The number of nitrogens with one attached hydrogen (secondary N) is 1. The van der Waals surface area contributed by atoms with Crippen molar-refractivity contribution in [1.29, 1.82) is 0 Å². The van der Waals surface area contributed by atoms with Gasteiger partial charge < -0.3 is 26.6 Å². The molecule has 2 aromatic heterocycles. The molecule has 4 aromatic rings. The smallest absolute Gasteiger partial charge is 0.354 e. The summed E-state index contributed by atoms with van der Waals surface area (Å²) >= 11 is 0. The number of fused-ring (bicyclic) bond motifs is 2. The molecule has 0 spiro atoms. The van der Waals surface area contributed by atoms with Gasteiger partial charge in [0.1, 0.15) is 18.1 Å². The maximum Gasteiger partial charge on any atom is 0.354 e. The van der Waals surface area contributed by atoms with Gasteiger partial charge in [0.2, 0.25) is 0 Å². The molecule has 45 heavy (non-hydrogen) atoms. The lowest BCUT2D eigenvalue weighted by atomic mass is 9.98. The molecule has 0 radical (unpaired) electrons. The van der Waals surface area contributed by atoms with Gasteiger partial charge in [-0.25, -0.2) is 27.9 Å². The number of carbonyl (C=O) groups is 4. The van der Waals surface area contributed by atoms with Crippen LogP contribution >= 0.6 is 12.4 Å². The van der Waals surface area contributed by atoms with Crippen molar-refractivity contribution >= 4 is 41.8 Å². The number of ether oxygens (including phenoxy) is 1. The van der Waals surface area contributed by atoms with E-state index in [4.69, 9.17) is 16.2 Å². The van der Waals surface area contributed by atoms with Crippen molar-refractivity contribution in [3.05, 3.63) is 112 Å². The molecule has 236 valence electrons. The number of aromatic carboxylic acids is 1. The van der Waals surface area contributed by atoms with E-state index in [2.05, 4.69) is 22.0 Å². The molecule has 0 unspecified atom stereocenters. The van der Waals surface area contributed by atoms with E-state index in [1.807, 2.05) is 6.92 Å². The molecule has 1 aliphatic carbocycles. The number of esters is 1. The Kier molecular flexibility index (Phi) is 11.1. The summed E-state index contributed by atoms with van der Waals surface area (Å²) in [5.41, 5.74) is 12.9. The van der Waals surface area contributed by atoms with Crippen LogP contribution in [0.3, 0.4) is 0 Å². The van der Waals surface area contributed by atoms with E-state index in [9.17, 15) is 33.1 Å². The Labute approximate surface area is 261 Å². The Balaban J connectivity index is 0.000000359. The van der Waals surface area contributed by atoms with E-state index < -0.39 is 41.1 Å². The van der Waals surface area contributed by atoms with Crippen LogP contribution in [0.5, 0.6) is 0 Å². The Morgan fingerprint density at radius 1 is 1.16 bits per heavy atom. The summed E-state index contributed by atoms with van der Waals surface area (Å²) in [4.78, 5) is 50.9. The summed E-state index contributed by atoms with van der Waals surface area (Å²) in [5.74, 6) is -4.67. The normalized spacial score (nSPS) is 13.1. The number of benzene rings is 2. The van der Waals surface area contributed by atoms with Gasteiger partial charge in [0.15, 0.2) is 17.2 Å². The highest BCUT2D eigenvalue weighted by atomic mass is 35.5. The third-order valence-corrected chi connectivity index (χ3v) is 6.96. The van der Waals surface area contributed by atoms with Crippen molar-refractivity contribution in [1.82, 2.24) is 19.9 Å². The number of rotatable bonds is 8. The lowest BCUT2D eigenvalue weighted by molar-refractivity contribution is 0.0547. The molecule has 15 heteroatoms. The maximum atomic E-state index is 13.9. The van der Waals surface area contributed by atoms with Gasteiger partial charge in [-0.05, 0) is 60.2 Å². The molecule has 5 rings (SSSR count). The largest absolute Gasteiger partial charge is 0.477 e. The highest BCUT2D eigenvalue weighted by molar-refractivity contribution is 5.97. The highest BCUT2D eigenvalue weighted by Crippen LogP contribution is 2.35. The van der Waals surface area contributed by atoms with E-state index in [1.165, 1.54) is 24.3 Å². The fourth-order valence-corrected chi connectivity index (χ4v) is 4.79. The number of amides is 2. The van der Waals surface area contributed by atoms with Crippen LogP contribution in [0, 0.1) is 18.6 Å². The first-order chi connectivity index (χ1) is 21.0. The molecule has 0 aliphatic heterocycles. The third kappa shape index (κ3) is 7.30. The first-order valence-electron chi connectivity index (χ1n) is 13.2. The maximum absolute atomic E-state index is 13.9. The van der Waals surface area contributed by atoms with Gasteiger partial charge in [-0.3, -0.25) is 9.59 Å². The van der Waals surface area contributed by atoms with Crippen molar-refractivity contribution in [3.63, 3.8) is 0 Å². The van der Waals surface area contributed by atoms with Crippen LogP contribution in [-0.2, 0) is 17.7 Å². The van der Waals surface area contributed by atoms with Crippen molar-refractivity contribution in [2.75, 3.05) is 6.61 Å². The highest BCUT2D eigenvalue weighted by Gasteiger charge is 2.29. The lowest BCUT2D eigenvalue weighted by Crippen LogP contribution is -2.29. The fraction of sp³-hybridized carbons (Fsp3) is 0.200. The topological polar surface area (TPSA) is 192 Å². The quantitative estimate of drug-likeness (QED) is 0.165. The van der Waals surface area contributed by atoms with Gasteiger partial charge in [0.05, 0.1) is 23.4 Å². The molecule has 6 N–H and O–H groups in total. The zero-order valence-corrected chi connectivity index (χ0v) is 24.7. The number of carboxylic acids is 1. The zero-order chi connectivity index (χ0) is 32.1. The number of primary amides is 1. The number of nitrogens with two attached hydrogens (primary N) is 2. The first-order valence-corrected chi connectivity index (χ1v) is 13.2. The molecule has 0 bridgehead atoms. The molecule has 2 heterocycles. The van der Waals surface area contributed by atoms with Crippen LogP contribution in [0.1, 0.15) is 76.4 Å². The van der Waals surface area contributed by atoms with Crippen LogP contribution in [0.4, 0.5) is 8.78 Å². The van der Waals surface area contributed by atoms with Crippen molar-refractivity contribution in [3.8, 4) is 0 Å². The number of hydrogen-bond donors (Lipinski definition) is 4. The predicted molar refractivity (Wildman–Crippen MR) is 160 cm³/mol. The lowest BCUT2D eigenvalue weighted by Gasteiger charge is -2.16. The Morgan fingerprint density at radius 2 is 1.89 bits per heavy atom. The SMILES string of the molecule is C=CCOC(=O)c1ccc2c(c1C)CC[C@@H]2NC(=O)c1cc(C(=O)O)nc2c(F)cnn12.Cl.NCc1ccc(F)c(C(N)=O)c1. The summed E-state index contributed by atoms with van der Waals surface area (Å²) < 4.78 is 32.9. The molecule has 2 amide bonds. The first kappa shape index (κ1) is 34.3. The van der Waals surface area contributed by atoms with E-state index >= 15 is 0 Å². The average Bonchev–Trinajstić information content (AvgIpc) is 3.59. The number of halogens is 3. The van der Waals surface area contributed by atoms with Crippen LogP contribution in [-0.4, -0.2) is 50.1 Å². The van der Waals surface area contributed by atoms with Gasteiger partial charge in [0, 0.05) is 12.6 Å². The van der Waals surface area contributed by atoms with Crippen LogP contribution in [0.2, 0.25) is 0 Å². The zero-order valence-electron chi connectivity index (χ0n) is 23.9. The van der Waals surface area contributed by atoms with Gasteiger partial charge in [-0.15, -0.1) is 12.4 Å². The van der Waals surface area contributed by atoms with Gasteiger partial charge in [-0.2, -0.15) is 5.10 Å². The van der Waals surface area contributed by atoms with Crippen LogP contribution < -0.4 is 16.8 Å². The summed E-state index contributed by atoms with van der Waals surface area (Å²) in [6, 6.07) is 8.16. The van der Waals surface area contributed by atoms with Gasteiger partial charge in [-0.1, -0.05) is 24.8 Å². The average molecular weight is 643 g/mol. The summed E-state index contributed by atoms with van der Waals surface area (Å²) in [7, 11) is 0. The monoisotopic (exact) mass is 642 g/mol. The molecule has 1 aliphatic rings. The summed E-state index contributed by atoms with van der Waals surface area (Å²) in [6.45, 7) is 5.72.